The summed E-state index contributed by atoms with van der Waals surface area (Å²) in [5, 5.41) is 8.02. The number of aryl methyl sites for hydroxylation is 3. The summed E-state index contributed by atoms with van der Waals surface area (Å²) in [5.41, 5.74) is 2.82. The number of carbonyl (C=O) groups is 1. The van der Waals surface area contributed by atoms with Crippen LogP contribution in [0.5, 0.6) is 5.75 Å². The average Bonchev–Trinajstić information content (AvgIpc) is 3.25. The van der Waals surface area contributed by atoms with E-state index in [2.05, 4.69) is 10.3 Å². The molecule has 1 saturated heterocycles. The number of piperidine rings is 1. The van der Waals surface area contributed by atoms with E-state index >= 15 is 0 Å². The number of ether oxygens (including phenoxy) is 1. The highest BCUT2D eigenvalue weighted by molar-refractivity contribution is 5.94. The molecule has 1 aliphatic rings. The zero-order chi connectivity index (χ0) is 21.3. The molecule has 0 radical (unpaired) electrons. The van der Waals surface area contributed by atoms with Crippen molar-refractivity contribution < 1.29 is 23.0 Å². The van der Waals surface area contributed by atoms with Crippen molar-refractivity contribution in [2.75, 3.05) is 13.1 Å². The fourth-order valence-corrected chi connectivity index (χ4v) is 3.76. The second-order valence-electron chi connectivity index (χ2n) is 7.61. The van der Waals surface area contributed by atoms with Crippen molar-refractivity contribution in [3.8, 4) is 5.75 Å². The first kappa shape index (κ1) is 20.1. The maximum absolute atomic E-state index is 13.3. The Morgan fingerprint density at radius 3 is 2.50 bits per heavy atom. The van der Waals surface area contributed by atoms with Crippen LogP contribution in [-0.2, 0) is 6.42 Å². The fraction of sp³-hybridized carbons (Fsp3) is 0.409. The van der Waals surface area contributed by atoms with E-state index in [9.17, 15) is 9.18 Å². The lowest BCUT2D eigenvalue weighted by molar-refractivity contribution is 0.0585. The van der Waals surface area contributed by atoms with E-state index in [1.165, 1.54) is 12.1 Å². The Morgan fingerprint density at radius 1 is 1.13 bits per heavy atom. The molecule has 0 atom stereocenters. The van der Waals surface area contributed by atoms with Crippen LogP contribution in [0, 0.1) is 26.6 Å². The molecule has 1 amide bonds. The number of carbonyl (C=O) groups excluding carboxylic acids is 1. The number of hydrogen-bond donors (Lipinski definition) is 0. The predicted molar refractivity (Wildman–Crippen MR) is 106 cm³/mol. The van der Waals surface area contributed by atoms with Crippen molar-refractivity contribution in [3.05, 3.63) is 64.1 Å². The Hall–Kier alpha value is -3.16. The highest BCUT2D eigenvalue weighted by Gasteiger charge is 2.30. The molecule has 4 rings (SSSR count). The number of amides is 1. The van der Waals surface area contributed by atoms with E-state index in [4.69, 9.17) is 13.8 Å². The summed E-state index contributed by atoms with van der Waals surface area (Å²) < 4.78 is 29.8. The van der Waals surface area contributed by atoms with Gasteiger partial charge in [-0.2, -0.15) is 0 Å². The van der Waals surface area contributed by atoms with Gasteiger partial charge >= 0.3 is 0 Å². The smallest absolute Gasteiger partial charge is 0.276 e. The van der Waals surface area contributed by atoms with Crippen molar-refractivity contribution >= 4 is 5.91 Å². The molecule has 0 N–H and O–H groups in total. The Morgan fingerprint density at radius 2 is 1.83 bits per heavy atom. The third-order valence-electron chi connectivity index (χ3n) is 5.55. The molecule has 8 heteroatoms. The van der Waals surface area contributed by atoms with Crippen molar-refractivity contribution in [2.45, 2.75) is 46.1 Å². The molecule has 0 aliphatic carbocycles. The summed E-state index contributed by atoms with van der Waals surface area (Å²) in [7, 11) is 0. The molecule has 1 aromatic carbocycles. The van der Waals surface area contributed by atoms with Gasteiger partial charge in [0, 0.05) is 49.5 Å². The number of rotatable bonds is 5. The van der Waals surface area contributed by atoms with Gasteiger partial charge in [0.05, 0.1) is 5.69 Å². The topological polar surface area (TPSA) is 81.6 Å². The van der Waals surface area contributed by atoms with Crippen molar-refractivity contribution in [2.24, 2.45) is 0 Å². The zero-order valence-corrected chi connectivity index (χ0v) is 17.3. The van der Waals surface area contributed by atoms with E-state index in [1.807, 2.05) is 13.8 Å². The third-order valence-corrected chi connectivity index (χ3v) is 5.55. The van der Waals surface area contributed by atoms with Crippen LogP contribution >= 0.6 is 0 Å². The molecule has 2 aromatic heterocycles. The molecule has 158 valence electrons. The van der Waals surface area contributed by atoms with Gasteiger partial charge in [-0.25, -0.2) is 4.39 Å². The molecular weight excluding hydrogens is 389 g/mol. The van der Waals surface area contributed by atoms with Gasteiger partial charge in [-0.15, -0.1) is 0 Å². The van der Waals surface area contributed by atoms with Gasteiger partial charge < -0.3 is 18.7 Å². The van der Waals surface area contributed by atoms with Gasteiger partial charge in [-0.05, 0) is 32.9 Å². The molecule has 0 unspecified atom stereocenters. The fourth-order valence-electron chi connectivity index (χ4n) is 3.76. The maximum Gasteiger partial charge on any atom is 0.276 e. The van der Waals surface area contributed by atoms with Gasteiger partial charge in [-0.1, -0.05) is 16.4 Å². The van der Waals surface area contributed by atoms with Gasteiger partial charge in [0.2, 0.25) is 0 Å². The lowest BCUT2D eigenvalue weighted by Crippen LogP contribution is -2.42. The summed E-state index contributed by atoms with van der Waals surface area (Å²) in [6.07, 6.45) is 1.75. The van der Waals surface area contributed by atoms with Crippen LogP contribution in [0.25, 0.3) is 0 Å². The first-order valence-corrected chi connectivity index (χ1v) is 10.0. The van der Waals surface area contributed by atoms with Crippen LogP contribution < -0.4 is 4.74 Å². The summed E-state index contributed by atoms with van der Waals surface area (Å²) in [6.45, 7) is 6.60. The summed E-state index contributed by atoms with van der Waals surface area (Å²) >= 11 is 0. The highest BCUT2D eigenvalue weighted by Crippen LogP contribution is 2.25. The van der Waals surface area contributed by atoms with Gasteiger partial charge in [0.1, 0.15) is 29.2 Å². The summed E-state index contributed by atoms with van der Waals surface area (Å²) in [6, 6.07) is 6.11. The first-order valence-electron chi connectivity index (χ1n) is 10.0. The largest absolute Gasteiger partial charge is 0.490 e. The van der Waals surface area contributed by atoms with Crippen molar-refractivity contribution in [1.82, 2.24) is 15.2 Å². The van der Waals surface area contributed by atoms with E-state index < -0.39 is 0 Å². The van der Waals surface area contributed by atoms with Crippen LogP contribution in [0.4, 0.5) is 4.39 Å². The Kier molecular flexibility index (Phi) is 5.57. The Bertz CT molecular complexity index is 1030. The molecule has 3 heterocycles. The Labute approximate surface area is 173 Å². The van der Waals surface area contributed by atoms with Crippen LogP contribution in [0.15, 0.2) is 33.3 Å². The minimum absolute atomic E-state index is 0.0586. The molecular formula is C22H24FN3O4. The lowest BCUT2D eigenvalue weighted by atomic mass is 10.0. The maximum atomic E-state index is 13.3. The summed E-state index contributed by atoms with van der Waals surface area (Å²) in [5.74, 6) is 1.36. The second kappa shape index (κ2) is 8.30. The number of halogens is 1. The van der Waals surface area contributed by atoms with E-state index in [0.29, 0.717) is 49.6 Å². The van der Waals surface area contributed by atoms with E-state index in [0.717, 1.165) is 22.6 Å². The standard InChI is InChI=1S/C22H24FN3O4/c1-13-19(14(2)29-24-13)12-20-15(3)30-25-21(20)22(27)26-9-7-17(8-10-26)28-18-6-4-5-16(23)11-18/h4-6,11,17H,7-10,12H2,1-3H3. The lowest BCUT2D eigenvalue weighted by Gasteiger charge is -2.31. The number of likely N-dealkylation sites (tertiary alicyclic amines) is 1. The van der Waals surface area contributed by atoms with Gasteiger partial charge in [0.15, 0.2) is 5.69 Å². The van der Waals surface area contributed by atoms with Crippen LogP contribution in [0.3, 0.4) is 0 Å². The average molecular weight is 413 g/mol. The molecule has 0 bridgehead atoms. The zero-order valence-electron chi connectivity index (χ0n) is 17.3. The monoisotopic (exact) mass is 413 g/mol. The molecule has 1 aliphatic heterocycles. The SMILES string of the molecule is Cc1noc(C)c1Cc1c(C(=O)N2CCC(Oc3cccc(F)c3)CC2)noc1C. The molecule has 3 aromatic rings. The molecule has 0 spiro atoms. The highest BCUT2D eigenvalue weighted by atomic mass is 19.1. The first-order chi connectivity index (χ1) is 14.4. The van der Waals surface area contributed by atoms with Gasteiger partial charge in [-0.3, -0.25) is 4.79 Å². The van der Waals surface area contributed by atoms with Crippen molar-refractivity contribution in [1.29, 1.82) is 0 Å². The number of nitrogens with zero attached hydrogens (tertiary/aromatic N) is 3. The van der Waals surface area contributed by atoms with Crippen LogP contribution in [0.2, 0.25) is 0 Å². The Balaban J connectivity index is 1.42. The van der Waals surface area contributed by atoms with Crippen molar-refractivity contribution in [3.63, 3.8) is 0 Å². The minimum Gasteiger partial charge on any atom is -0.490 e. The quantitative estimate of drug-likeness (QED) is 0.629. The number of aromatic nitrogens is 2. The van der Waals surface area contributed by atoms with Crippen LogP contribution in [-0.4, -0.2) is 40.3 Å². The normalized spacial score (nSPS) is 14.9. The third kappa shape index (κ3) is 4.08. The molecule has 0 saturated carbocycles. The van der Waals surface area contributed by atoms with E-state index in [-0.39, 0.29) is 17.8 Å². The van der Waals surface area contributed by atoms with Crippen LogP contribution in [0.1, 0.15) is 51.7 Å². The molecule has 7 nitrogen and oxygen atoms in total. The second-order valence-corrected chi connectivity index (χ2v) is 7.61. The number of hydrogen-bond acceptors (Lipinski definition) is 6. The van der Waals surface area contributed by atoms with Gasteiger partial charge in [0.25, 0.3) is 5.91 Å². The predicted octanol–water partition coefficient (Wildman–Crippen LogP) is 4.00. The molecule has 30 heavy (non-hydrogen) atoms. The molecule has 1 fully saturated rings. The minimum atomic E-state index is -0.327. The number of benzene rings is 1. The summed E-state index contributed by atoms with van der Waals surface area (Å²) in [4.78, 5) is 14.9. The van der Waals surface area contributed by atoms with E-state index in [1.54, 1.807) is 24.0 Å².